The van der Waals surface area contributed by atoms with E-state index in [9.17, 15) is 20.0 Å². The van der Waals surface area contributed by atoms with Crippen LogP contribution >= 0.6 is 0 Å². The standard InChI is InChI=1S/C9H10N2O6/c10-5(9(14)15)1-4-2-7(12)8(13)3-6(4)11(16)17/h2-3,5,12-13H,1,10H2,(H,14,15)/t5-/m0/s1. The summed E-state index contributed by atoms with van der Waals surface area (Å²) in [6, 6.07) is 0.354. The molecule has 92 valence electrons. The number of carboxylic acid groups (broad SMARTS) is 1. The van der Waals surface area contributed by atoms with Crippen molar-refractivity contribution in [1.29, 1.82) is 0 Å². The zero-order chi connectivity index (χ0) is 13.2. The fourth-order valence-electron chi connectivity index (χ4n) is 1.27. The lowest BCUT2D eigenvalue weighted by Crippen LogP contribution is -2.32. The van der Waals surface area contributed by atoms with Crippen molar-refractivity contribution in [2.45, 2.75) is 12.5 Å². The van der Waals surface area contributed by atoms with Crippen LogP contribution in [0.3, 0.4) is 0 Å². The molecule has 0 aromatic heterocycles. The Morgan fingerprint density at radius 3 is 2.41 bits per heavy atom. The van der Waals surface area contributed by atoms with E-state index in [1.807, 2.05) is 0 Å². The number of rotatable bonds is 4. The highest BCUT2D eigenvalue weighted by Crippen LogP contribution is 2.33. The van der Waals surface area contributed by atoms with E-state index < -0.39 is 34.1 Å². The number of phenols is 2. The quantitative estimate of drug-likeness (QED) is 0.329. The SMILES string of the molecule is N[C@@H](Cc1cc(O)c(O)cc1[N+](=O)[O-])C(=O)O. The summed E-state index contributed by atoms with van der Waals surface area (Å²) >= 11 is 0. The predicted molar refractivity (Wildman–Crippen MR) is 55.7 cm³/mol. The van der Waals surface area contributed by atoms with E-state index in [1.54, 1.807) is 0 Å². The second kappa shape index (κ2) is 4.66. The van der Waals surface area contributed by atoms with E-state index in [2.05, 4.69) is 0 Å². The molecule has 0 aliphatic carbocycles. The van der Waals surface area contributed by atoms with E-state index in [0.29, 0.717) is 0 Å². The highest BCUT2D eigenvalue weighted by Gasteiger charge is 2.22. The van der Waals surface area contributed by atoms with Gasteiger partial charge in [-0.15, -0.1) is 0 Å². The molecule has 0 fully saturated rings. The summed E-state index contributed by atoms with van der Waals surface area (Å²) < 4.78 is 0. The van der Waals surface area contributed by atoms with Crippen molar-refractivity contribution in [3.05, 3.63) is 27.8 Å². The van der Waals surface area contributed by atoms with Crippen molar-refractivity contribution in [2.24, 2.45) is 5.73 Å². The Labute approximate surface area is 95.1 Å². The van der Waals surface area contributed by atoms with E-state index in [0.717, 1.165) is 12.1 Å². The molecule has 17 heavy (non-hydrogen) atoms. The minimum Gasteiger partial charge on any atom is -0.504 e. The van der Waals surface area contributed by atoms with Crippen LogP contribution in [0.25, 0.3) is 0 Å². The molecular formula is C9H10N2O6. The monoisotopic (exact) mass is 242 g/mol. The average Bonchev–Trinajstić information content (AvgIpc) is 2.22. The van der Waals surface area contributed by atoms with Crippen molar-refractivity contribution < 1.29 is 25.0 Å². The second-order valence-corrected chi connectivity index (χ2v) is 3.38. The number of aromatic hydroxyl groups is 2. The van der Waals surface area contributed by atoms with Gasteiger partial charge in [0.2, 0.25) is 0 Å². The van der Waals surface area contributed by atoms with Crippen LogP contribution in [-0.4, -0.2) is 32.3 Å². The molecule has 8 nitrogen and oxygen atoms in total. The van der Waals surface area contributed by atoms with Gasteiger partial charge >= 0.3 is 5.97 Å². The highest BCUT2D eigenvalue weighted by molar-refractivity contribution is 5.74. The van der Waals surface area contributed by atoms with Gasteiger partial charge in [0.1, 0.15) is 6.04 Å². The van der Waals surface area contributed by atoms with Gasteiger partial charge in [0.05, 0.1) is 11.0 Å². The van der Waals surface area contributed by atoms with Gasteiger partial charge in [0.15, 0.2) is 11.5 Å². The van der Waals surface area contributed by atoms with Gasteiger partial charge in [0, 0.05) is 12.0 Å². The van der Waals surface area contributed by atoms with Crippen LogP contribution in [0.1, 0.15) is 5.56 Å². The summed E-state index contributed by atoms with van der Waals surface area (Å²) in [6.07, 6.45) is -0.320. The zero-order valence-corrected chi connectivity index (χ0v) is 8.53. The number of aliphatic carboxylic acids is 1. The Morgan fingerprint density at radius 2 is 1.94 bits per heavy atom. The first-order valence-electron chi connectivity index (χ1n) is 4.50. The van der Waals surface area contributed by atoms with Crippen LogP contribution < -0.4 is 5.73 Å². The summed E-state index contributed by atoms with van der Waals surface area (Å²) in [5.41, 5.74) is 4.70. The molecule has 0 aliphatic heterocycles. The third-order valence-corrected chi connectivity index (χ3v) is 2.13. The van der Waals surface area contributed by atoms with Gasteiger partial charge in [-0.05, 0) is 6.07 Å². The molecule has 0 spiro atoms. The molecule has 0 radical (unpaired) electrons. The molecule has 1 rings (SSSR count). The van der Waals surface area contributed by atoms with Crippen molar-refractivity contribution in [3.8, 4) is 11.5 Å². The number of hydrogen-bond donors (Lipinski definition) is 4. The topological polar surface area (TPSA) is 147 Å². The second-order valence-electron chi connectivity index (χ2n) is 3.38. The summed E-state index contributed by atoms with van der Waals surface area (Å²) in [5, 5.41) is 37.6. The van der Waals surface area contributed by atoms with Crippen LogP contribution in [0.4, 0.5) is 5.69 Å². The maximum atomic E-state index is 10.7. The number of benzene rings is 1. The van der Waals surface area contributed by atoms with Gasteiger partial charge in [-0.1, -0.05) is 0 Å². The maximum absolute atomic E-state index is 10.7. The minimum atomic E-state index is -1.32. The molecule has 0 bridgehead atoms. The normalized spacial score (nSPS) is 12.1. The predicted octanol–water partition coefficient (Wildman–Crippen LogP) is -0.0396. The number of nitro groups is 1. The van der Waals surface area contributed by atoms with Gasteiger partial charge in [0.25, 0.3) is 5.69 Å². The first-order chi connectivity index (χ1) is 7.82. The Hall–Kier alpha value is -2.35. The van der Waals surface area contributed by atoms with Gasteiger partial charge < -0.3 is 21.1 Å². The lowest BCUT2D eigenvalue weighted by molar-refractivity contribution is -0.385. The number of nitrogens with two attached hydrogens (primary N) is 1. The number of carbonyl (C=O) groups is 1. The molecule has 0 heterocycles. The van der Waals surface area contributed by atoms with Crippen molar-refractivity contribution >= 4 is 11.7 Å². The minimum absolute atomic E-state index is 0.0554. The Kier molecular flexibility index (Phi) is 3.49. The van der Waals surface area contributed by atoms with Gasteiger partial charge in [-0.2, -0.15) is 0 Å². The van der Waals surface area contributed by atoms with Crippen LogP contribution in [0.15, 0.2) is 12.1 Å². The van der Waals surface area contributed by atoms with Gasteiger partial charge in [-0.25, -0.2) is 0 Å². The molecule has 1 aromatic carbocycles. The molecule has 1 atom stereocenters. The third kappa shape index (κ3) is 2.82. The molecule has 0 saturated heterocycles. The Bertz CT molecular complexity index is 473. The molecule has 8 heteroatoms. The number of nitro benzene ring substituents is 1. The van der Waals surface area contributed by atoms with Gasteiger partial charge in [-0.3, -0.25) is 14.9 Å². The highest BCUT2D eigenvalue weighted by atomic mass is 16.6. The van der Waals surface area contributed by atoms with Crippen molar-refractivity contribution in [3.63, 3.8) is 0 Å². The average molecular weight is 242 g/mol. The Balaban J connectivity index is 3.17. The lowest BCUT2D eigenvalue weighted by Gasteiger charge is -2.08. The molecular weight excluding hydrogens is 232 g/mol. The van der Waals surface area contributed by atoms with Crippen LogP contribution in [0, 0.1) is 10.1 Å². The molecule has 0 unspecified atom stereocenters. The molecule has 0 saturated carbocycles. The van der Waals surface area contributed by atoms with Crippen molar-refractivity contribution in [1.82, 2.24) is 0 Å². The first-order valence-corrected chi connectivity index (χ1v) is 4.50. The fourth-order valence-corrected chi connectivity index (χ4v) is 1.27. The number of carboxylic acids is 1. The number of hydrogen-bond acceptors (Lipinski definition) is 6. The van der Waals surface area contributed by atoms with E-state index >= 15 is 0 Å². The third-order valence-electron chi connectivity index (χ3n) is 2.13. The lowest BCUT2D eigenvalue weighted by atomic mass is 10.0. The summed E-state index contributed by atoms with van der Waals surface area (Å²) in [4.78, 5) is 20.4. The maximum Gasteiger partial charge on any atom is 0.320 e. The van der Waals surface area contributed by atoms with Crippen LogP contribution in [-0.2, 0) is 11.2 Å². The Morgan fingerprint density at radius 1 is 1.41 bits per heavy atom. The smallest absolute Gasteiger partial charge is 0.320 e. The zero-order valence-electron chi connectivity index (χ0n) is 8.53. The van der Waals surface area contributed by atoms with E-state index in [1.165, 1.54) is 0 Å². The summed E-state index contributed by atoms with van der Waals surface area (Å²) in [5.74, 6) is -2.53. The van der Waals surface area contributed by atoms with Crippen molar-refractivity contribution in [2.75, 3.05) is 0 Å². The summed E-state index contributed by atoms with van der Waals surface area (Å²) in [6.45, 7) is 0. The van der Waals surface area contributed by atoms with E-state index in [4.69, 9.17) is 15.9 Å². The largest absolute Gasteiger partial charge is 0.504 e. The number of nitrogens with zero attached hydrogens (tertiary/aromatic N) is 1. The molecule has 5 N–H and O–H groups in total. The number of phenolic OH excluding ortho intramolecular Hbond substituents is 2. The summed E-state index contributed by atoms with van der Waals surface area (Å²) in [7, 11) is 0. The van der Waals surface area contributed by atoms with E-state index in [-0.39, 0.29) is 12.0 Å². The molecule has 1 aromatic rings. The molecule has 0 aliphatic rings. The van der Waals surface area contributed by atoms with Crippen LogP contribution in [0.5, 0.6) is 11.5 Å². The fraction of sp³-hybridized carbons (Fsp3) is 0.222. The first kappa shape index (κ1) is 12.7. The van der Waals surface area contributed by atoms with Crippen LogP contribution in [0.2, 0.25) is 0 Å². The molecule has 0 amide bonds.